The molecule has 5 heteroatoms. The van der Waals surface area contributed by atoms with Crippen LogP contribution in [0.2, 0.25) is 0 Å². The van der Waals surface area contributed by atoms with Crippen LogP contribution in [-0.2, 0) is 17.9 Å². The quantitative estimate of drug-likeness (QED) is 0.721. The molecule has 0 fully saturated rings. The zero-order valence-corrected chi connectivity index (χ0v) is 14.3. The fourth-order valence-corrected chi connectivity index (χ4v) is 2.73. The van der Waals surface area contributed by atoms with E-state index in [-0.39, 0.29) is 18.6 Å². The second-order valence-electron chi connectivity index (χ2n) is 5.99. The van der Waals surface area contributed by atoms with Crippen LogP contribution in [0.15, 0.2) is 60.8 Å². The molecule has 5 nitrogen and oxygen atoms in total. The zero-order valence-electron chi connectivity index (χ0n) is 14.3. The normalized spacial score (nSPS) is 10.6. The van der Waals surface area contributed by atoms with E-state index >= 15 is 0 Å². The Bertz CT molecular complexity index is 900. The predicted octanol–water partition coefficient (Wildman–Crippen LogP) is 4.07. The summed E-state index contributed by atoms with van der Waals surface area (Å²) in [6.45, 7) is 2.23. The molecule has 0 aliphatic heterocycles. The highest BCUT2D eigenvalue weighted by Crippen LogP contribution is 2.19. The van der Waals surface area contributed by atoms with Gasteiger partial charge in [0.15, 0.2) is 0 Å². The van der Waals surface area contributed by atoms with Gasteiger partial charge < -0.3 is 9.64 Å². The monoisotopic (exact) mass is 336 g/mol. The molecule has 1 aromatic heterocycles. The average molecular weight is 336 g/mol. The lowest BCUT2D eigenvalue weighted by molar-refractivity contribution is 0.0941. The SMILES string of the molecule is CC(=O)n1ccc2cc(CN(C)C(=O)OCc3ccccc3)ccc21. The number of fused-ring (bicyclic) bond motifs is 1. The van der Waals surface area contributed by atoms with Gasteiger partial charge in [0.25, 0.3) is 0 Å². The highest BCUT2D eigenvalue weighted by Gasteiger charge is 2.12. The second kappa shape index (κ2) is 7.21. The number of benzene rings is 2. The van der Waals surface area contributed by atoms with Gasteiger partial charge >= 0.3 is 6.09 Å². The summed E-state index contributed by atoms with van der Waals surface area (Å²) in [6.07, 6.45) is 1.39. The zero-order chi connectivity index (χ0) is 17.8. The minimum Gasteiger partial charge on any atom is -0.445 e. The van der Waals surface area contributed by atoms with E-state index in [1.807, 2.05) is 54.6 Å². The highest BCUT2D eigenvalue weighted by atomic mass is 16.6. The number of aromatic nitrogens is 1. The molecule has 0 spiro atoms. The van der Waals surface area contributed by atoms with Gasteiger partial charge in [0.2, 0.25) is 5.91 Å². The number of hydrogen-bond donors (Lipinski definition) is 0. The van der Waals surface area contributed by atoms with E-state index in [2.05, 4.69) is 0 Å². The van der Waals surface area contributed by atoms with Gasteiger partial charge in [-0.2, -0.15) is 0 Å². The van der Waals surface area contributed by atoms with Crippen LogP contribution < -0.4 is 0 Å². The maximum atomic E-state index is 12.1. The Hall–Kier alpha value is -3.08. The molecule has 3 rings (SSSR count). The van der Waals surface area contributed by atoms with Gasteiger partial charge in [-0.05, 0) is 29.3 Å². The number of amides is 1. The summed E-state index contributed by atoms with van der Waals surface area (Å²) in [4.78, 5) is 25.2. The van der Waals surface area contributed by atoms with E-state index in [0.717, 1.165) is 22.0 Å². The van der Waals surface area contributed by atoms with Gasteiger partial charge in [-0.3, -0.25) is 9.36 Å². The number of hydrogen-bond acceptors (Lipinski definition) is 3. The second-order valence-corrected chi connectivity index (χ2v) is 5.99. The maximum absolute atomic E-state index is 12.1. The minimum absolute atomic E-state index is 0.0237. The third-order valence-electron chi connectivity index (χ3n) is 4.03. The van der Waals surface area contributed by atoms with Crippen LogP contribution in [-0.4, -0.2) is 28.5 Å². The molecule has 3 aromatic rings. The summed E-state index contributed by atoms with van der Waals surface area (Å²) < 4.78 is 6.93. The summed E-state index contributed by atoms with van der Waals surface area (Å²) in [5.41, 5.74) is 2.80. The van der Waals surface area contributed by atoms with Crippen LogP contribution in [0, 0.1) is 0 Å². The molecule has 0 atom stereocenters. The first-order chi connectivity index (χ1) is 12.0. The van der Waals surface area contributed by atoms with Crippen LogP contribution in [0.25, 0.3) is 10.9 Å². The Labute approximate surface area is 146 Å². The molecule has 1 amide bonds. The molecule has 0 saturated heterocycles. The smallest absolute Gasteiger partial charge is 0.410 e. The molecule has 0 aliphatic carbocycles. The summed E-state index contributed by atoms with van der Waals surface area (Å²) in [5.74, 6) is -0.0237. The van der Waals surface area contributed by atoms with Crippen molar-refractivity contribution in [3.05, 3.63) is 71.9 Å². The van der Waals surface area contributed by atoms with Crippen molar-refractivity contribution >= 4 is 22.9 Å². The third-order valence-corrected chi connectivity index (χ3v) is 4.03. The Morgan fingerprint density at radius 1 is 1.04 bits per heavy atom. The summed E-state index contributed by atoms with van der Waals surface area (Å²) in [7, 11) is 1.71. The van der Waals surface area contributed by atoms with Crippen molar-refractivity contribution in [2.24, 2.45) is 0 Å². The first-order valence-corrected chi connectivity index (χ1v) is 8.07. The summed E-state index contributed by atoms with van der Waals surface area (Å²) in [6, 6.07) is 17.3. The van der Waals surface area contributed by atoms with Crippen molar-refractivity contribution in [1.82, 2.24) is 9.47 Å². The van der Waals surface area contributed by atoms with Gasteiger partial charge in [-0.25, -0.2) is 4.79 Å². The fraction of sp³-hybridized carbons (Fsp3) is 0.200. The molecular weight excluding hydrogens is 316 g/mol. The first kappa shape index (κ1) is 16.8. The molecule has 0 N–H and O–H groups in total. The lowest BCUT2D eigenvalue weighted by Crippen LogP contribution is -2.26. The number of rotatable bonds is 4. The molecule has 0 radical (unpaired) electrons. The largest absolute Gasteiger partial charge is 0.445 e. The average Bonchev–Trinajstić information content (AvgIpc) is 3.04. The Morgan fingerprint density at radius 2 is 1.80 bits per heavy atom. The number of nitrogens with zero attached hydrogens (tertiary/aromatic N) is 2. The number of carbonyl (C=O) groups is 2. The standard InChI is InChI=1S/C20H20N2O3/c1-15(23)22-11-10-18-12-17(8-9-19(18)22)13-21(2)20(24)25-14-16-6-4-3-5-7-16/h3-12H,13-14H2,1-2H3. The molecule has 128 valence electrons. The predicted molar refractivity (Wildman–Crippen MR) is 96.3 cm³/mol. The third kappa shape index (κ3) is 3.88. The van der Waals surface area contributed by atoms with Crippen LogP contribution >= 0.6 is 0 Å². The molecule has 0 bridgehead atoms. The number of ether oxygens (including phenoxy) is 1. The Balaban J connectivity index is 1.64. The molecule has 0 unspecified atom stereocenters. The summed E-state index contributed by atoms with van der Waals surface area (Å²) >= 11 is 0. The molecule has 0 saturated carbocycles. The molecule has 1 heterocycles. The van der Waals surface area contributed by atoms with Gasteiger partial charge in [0.1, 0.15) is 6.61 Å². The fourth-order valence-electron chi connectivity index (χ4n) is 2.73. The van der Waals surface area contributed by atoms with Crippen molar-refractivity contribution in [1.29, 1.82) is 0 Å². The molecule has 0 aliphatic rings. The van der Waals surface area contributed by atoms with Crippen molar-refractivity contribution in [3.63, 3.8) is 0 Å². The van der Waals surface area contributed by atoms with Crippen LogP contribution in [0.1, 0.15) is 22.8 Å². The lowest BCUT2D eigenvalue weighted by atomic mass is 10.1. The maximum Gasteiger partial charge on any atom is 0.410 e. The van der Waals surface area contributed by atoms with Crippen LogP contribution in [0.4, 0.5) is 4.79 Å². The van der Waals surface area contributed by atoms with Gasteiger partial charge in [-0.15, -0.1) is 0 Å². The van der Waals surface area contributed by atoms with Gasteiger partial charge in [-0.1, -0.05) is 36.4 Å². The lowest BCUT2D eigenvalue weighted by Gasteiger charge is -2.17. The minimum atomic E-state index is -0.370. The van der Waals surface area contributed by atoms with Crippen molar-refractivity contribution in [3.8, 4) is 0 Å². The van der Waals surface area contributed by atoms with Crippen molar-refractivity contribution < 1.29 is 14.3 Å². The van der Waals surface area contributed by atoms with Gasteiger partial charge in [0, 0.05) is 32.1 Å². The van der Waals surface area contributed by atoms with E-state index < -0.39 is 0 Å². The molecule has 2 aromatic carbocycles. The van der Waals surface area contributed by atoms with Crippen LogP contribution in [0.3, 0.4) is 0 Å². The molecule has 25 heavy (non-hydrogen) atoms. The van der Waals surface area contributed by atoms with E-state index in [4.69, 9.17) is 4.74 Å². The highest BCUT2D eigenvalue weighted by molar-refractivity contribution is 5.91. The van der Waals surface area contributed by atoms with E-state index in [1.54, 1.807) is 17.8 Å². The number of carbonyl (C=O) groups excluding carboxylic acids is 2. The van der Waals surface area contributed by atoms with E-state index in [9.17, 15) is 9.59 Å². The van der Waals surface area contributed by atoms with Gasteiger partial charge in [0.05, 0.1) is 5.52 Å². The van der Waals surface area contributed by atoms with Crippen molar-refractivity contribution in [2.75, 3.05) is 7.05 Å². The summed E-state index contributed by atoms with van der Waals surface area (Å²) in [5, 5.41) is 0.971. The van der Waals surface area contributed by atoms with E-state index in [0.29, 0.717) is 6.54 Å². The molecular formula is C20H20N2O3. The van der Waals surface area contributed by atoms with Crippen molar-refractivity contribution in [2.45, 2.75) is 20.1 Å². The first-order valence-electron chi connectivity index (χ1n) is 8.07. The Morgan fingerprint density at radius 3 is 2.52 bits per heavy atom. The van der Waals surface area contributed by atoms with E-state index in [1.165, 1.54) is 11.8 Å². The van der Waals surface area contributed by atoms with Crippen LogP contribution in [0.5, 0.6) is 0 Å². The topological polar surface area (TPSA) is 51.5 Å². The Kier molecular flexibility index (Phi) is 4.84.